The summed E-state index contributed by atoms with van der Waals surface area (Å²) in [5, 5.41) is 14.4. The van der Waals surface area contributed by atoms with Crippen LogP contribution in [0.25, 0.3) is 0 Å². The van der Waals surface area contributed by atoms with Gasteiger partial charge in [-0.05, 0) is 42.8 Å². The molecule has 0 heterocycles. The average Bonchev–Trinajstić information content (AvgIpc) is 2.66. The Morgan fingerprint density at radius 3 is 2.59 bits per heavy atom. The molecule has 0 atom stereocenters. The lowest BCUT2D eigenvalue weighted by Gasteiger charge is -2.22. The van der Waals surface area contributed by atoms with Crippen LogP contribution in [0, 0.1) is 18.3 Å². The number of carbonyl (C=O) groups excluding carboxylic acids is 2. The van der Waals surface area contributed by atoms with E-state index in [-0.39, 0.29) is 23.4 Å². The van der Waals surface area contributed by atoms with Gasteiger partial charge in [0.25, 0.3) is 5.91 Å². The zero-order chi connectivity index (χ0) is 21.6. The molecule has 0 aromatic heterocycles. The van der Waals surface area contributed by atoms with Crippen molar-refractivity contribution in [3.8, 4) is 6.07 Å². The fraction of sp³-hybridized carbons (Fsp3) is 0.211. The zero-order valence-corrected chi connectivity index (χ0v) is 17.0. The highest BCUT2D eigenvalue weighted by molar-refractivity contribution is 7.89. The van der Waals surface area contributed by atoms with Crippen molar-refractivity contribution in [3.63, 3.8) is 0 Å². The minimum absolute atomic E-state index is 0.0567. The average molecular weight is 436 g/mol. The van der Waals surface area contributed by atoms with E-state index in [1.54, 1.807) is 24.3 Å². The number of anilines is 1. The van der Waals surface area contributed by atoms with Gasteiger partial charge in [0.2, 0.25) is 10.0 Å². The Bertz CT molecular complexity index is 1080. The molecular weight excluding hydrogens is 418 g/mol. The normalized spacial score (nSPS) is 10.8. The number of benzene rings is 2. The molecule has 0 aliphatic heterocycles. The number of carbonyl (C=O) groups is 2. The Morgan fingerprint density at radius 2 is 1.97 bits per heavy atom. The second-order valence-electron chi connectivity index (χ2n) is 6.03. The number of esters is 1. The van der Waals surface area contributed by atoms with E-state index in [0.717, 1.165) is 6.07 Å². The van der Waals surface area contributed by atoms with Gasteiger partial charge in [-0.25, -0.2) is 18.4 Å². The molecule has 0 saturated heterocycles. The molecule has 2 N–H and O–H groups in total. The molecule has 10 heteroatoms. The highest BCUT2D eigenvalue weighted by Gasteiger charge is 2.20. The number of ether oxygens (including phenoxy) is 1. The first kappa shape index (κ1) is 22.4. The second-order valence-corrected chi connectivity index (χ2v) is 8.00. The molecule has 2 aromatic carbocycles. The predicted octanol–water partition coefficient (Wildman–Crippen LogP) is 2.40. The number of amides is 1. The topological polar surface area (TPSA) is 131 Å². The van der Waals surface area contributed by atoms with E-state index in [1.807, 2.05) is 6.07 Å². The first-order chi connectivity index (χ1) is 13.6. The van der Waals surface area contributed by atoms with E-state index in [1.165, 1.54) is 24.0 Å². The summed E-state index contributed by atoms with van der Waals surface area (Å²) in [6, 6.07) is 12.3. The smallest absolute Gasteiger partial charge is 0.338 e. The van der Waals surface area contributed by atoms with Gasteiger partial charge in [0.1, 0.15) is 0 Å². The van der Waals surface area contributed by atoms with Crippen molar-refractivity contribution >= 4 is 39.2 Å². The first-order valence-corrected chi connectivity index (χ1v) is 10.3. The van der Waals surface area contributed by atoms with Crippen molar-refractivity contribution in [2.75, 3.05) is 18.1 Å². The van der Waals surface area contributed by atoms with Crippen molar-refractivity contribution in [1.82, 2.24) is 0 Å². The number of hydrogen-bond acceptors (Lipinski definition) is 6. The van der Waals surface area contributed by atoms with Crippen molar-refractivity contribution in [2.45, 2.75) is 18.2 Å². The number of nitrogens with two attached hydrogens (primary N) is 1. The monoisotopic (exact) mass is 435 g/mol. The highest BCUT2D eigenvalue weighted by Crippen LogP contribution is 2.20. The fourth-order valence-electron chi connectivity index (χ4n) is 2.53. The Kier molecular flexibility index (Phi) is 7.34. The van der Waals surface area contributed by atoms with Gasteiger partial charge in [-0.2, -0.15) is 5.26 Å². The summed E-state index contributed by atoms with van der Waals surface area (Å²) in [5.74, 6) is -1.44. The molecule has 152 valence electrons. The Morgan fingerprint density at radius 1 is 1.24 bits per heavy atom. The van der Waals surface area contributed by atoms with Crippen LogP contribution in [0.4, 0.5) is 5.69 Å². The minimum atomic E-state index is -4.01. The molecule has 2 aromatic rings. The molecule has 0 aliphatic rings. The molecule has 0 spiro atoms. The van der Waals surface area contributed by atoms with Gasteiger partial charge in [-0.1, -0.05) is 23.7 Å². The van der Waals surface area contributed by atoms with Gasteiger partial charge in [0, 0.05) is 17.3 Å². The number of primary sulfonamides is 1. The zero-order valence-electron chi connectivity index (χ0n) is 15.5. The molecule has 0 aliphatic carbocycles. The number of nitrogens with zero attached hydrogens (tertiary/aromatic N) is 2. The van der Waals surface area contributed by atoms with Crippen LogP contribution < -0.4 is 10.0 Å². The first-order valence-electron chi connectivity index (χ1n) is 8.37. The van der Waals surface area contributed by atoms with Crippen molar-refractivity contribution in [3.05, 3.63) is 58.6 Å². The third-order valence-corrected chi connectivity index (χ3v) is 5.21. The maximum atomic E-state index is 12.6. The summed E-state index contributed by atoms with van der Waals surface area (Å²) in [6.45, 7) is 1.03. The second kappa shape index (κ2) is 9.52. The van der Waals surface area contributed by atoms with Crippen LogP contribution >= 0.6 is 11.6 Å². The molecular formula is C19H18ClN3O5S. The Balaban J connectivity index is 2.15. The number of aryl methyl sites for hydroxylation is 1. The summed E-state index contributed by atoms with van der Waals surface area (Å²) in [5.41, 5.74) is 0.781. The lowest BCUT2D eigenvalue weighted by atomic mass is 10.1. The Labute approximate surface area is 173 Å². The third kappa shape index (κ3) is 6.02. The van der Waals surface area contributed by atoms with Crippen molar-refractivity contribution in [2.24, 2.45) is 5.14 Å². The molecule has 0 unspecified atom stereocenters. The van der Waals surface area contributed by atoms with E-state index in [9.17, 15) is 18.0 Å². The van der Waals surface area contributed by atoms with E-state index < -0.39 is 28.5 Å². The summed E-state index contributed by atoms with van der Waals surface area (Å²) in [6.07, 6.45) is 0.0713. The van der Waals surface area contributed by atoms with Gasteiger partial charge in [-0.3, -0.25) is 4.79 Å². The molecule has 0 saturated carbocycles. The molecule has 2 rings (SSSR count). The summed E-state index contributed by atoms with van der Waals surface area (Å²) >= 11 is 5.95. The number of halogens is 1. The quantitative estimate of drug-likeness (QED) is 0.664. The van der Waals surface area contributed by atoms with Crippen molar-refractivity contribution < 1.29 is 22.7 Å². The van der Waals surface area contributed by atoms with Crippen LogP contribution in [0.2, 0.25) is 5.02 Å². The van der Waals surface area contributed by atoms with Gasteiger partial charge in [0.15, 0.2) is 6.61 Å². The maximum Gasteiger partial charge on any atom is 0.338 e. The SMILES string of the molecule is Cc1ccc(C(=O)OCC(=O)N(CCC#N)c2cccc(Cl)c2)cc1S(N)(=O)=O. The summed E-state index contributed by atoms with van der Waals surface area (Å²) < 4.78 is 28.2. The van der Waals surface area contributed by atoms with E-state index in [0.29, 0.717) is 16.3 Å². The van der Waals surface area contributed by atoms with Crippen molar-refractivity contribution in [1.29, 1.82) is 5.26 Å². The predicted molar refractivity (Wildman–Crippen MR) is 107 cm³/mol. The molecule has 1 amide bonds. The maximum absolute atomic E-state index is 12.6. The standard InChI is InChI=1S/C19H18ClN3O5S/c1-13-6-7-14(10-17(13)29(22,26)27)19(25)28-12-18(24)23(9-3-8-21)16-5-2-4-15(20)11-16/h2,4-7,10-11H,3,9,12H2,1H3,(H2,22,26,27). The van der Waals surface area contributed by atoms with Crippen LogP contribution in [-0.4, -0.2) is 33.4 Å². The molecule has 0 fully saturated rings. The molecule has 29 heavy (non-hydrogen) atoms. The molecule has 8 nitrogen and oxygen atoms in total. The lowest BCUT2D eigenvalue weighted by Crippen LogP contribution is -2.35. The van der Waals surface area contributed by atoms with Gasteiger partial charge >= 0.3 is 5.97 Å². The fourth-order valence-corrected chi connectivity index (χ4v) is 3.52. The van der Waals surface area contributed by atoms with E-state index in [4.69, 9.17) is 26.7 Å². The largest absolute Gasteiger partial charge is 0.452 e. The number of nitriles is 1. The number of sulfonamides is 1. The molecule has 0 radical (unpaired) electrons. The van der Waals surface area contributed by atoms with Crippen LogP contribution in [0.1, 0.15) is 22.3 Å². The number of hydrogen-bond donors (Lipinski definition) is 1. The van der Waals surface area contributed by atoms with Crippen LogP contribution in [0.15, 0.2) is 47.4 Å². The lowest BCUT2D eigenvalue weighted by molar-refractivity contribution is -0.121. The molecule has 0 bridgehead atoms. The van der Waals surface area contributed by atoms with Crippen LogP contribution in [0.5, 0.6) is 0 Å². The van der Waals surface area contributed by atoms with Gasteiger partial charge in [-0.15, -0.1) is 0 Å². The van der Waals surface area contributed by atoms with Crippen LogP contribution in [-0.2, 0) is 19.6 Å². The van der Waals surface area contributed by atoms with Gasteiger partial charge < -0.3 is 9.64 Å². The van der Waals surface area contributed by atoms with Gasteiger partial charge in [0.05, 0.1) is 22.9 Å². The van der Waals surface area contributed by atoms with Crippen LogP contribution in [0.3, 0.4) is 0 Å². The third-order valence-electron chi connectivity index (χ3n) is 3.93. The highest BCUT2D eigenvalue weighted by atomic mass is 35.5. The van der Waals surface area contributed by atoms with E-state index >= 15 is 0 Å². The van der Waals surface area contributed by atoms with E-state index in [2.05, 4.69) is 0 Å². The minimum Gasteiger partial charge on any atom is -0.452 e. The Hall–Kier alpha value is -2.93. The number of rotatable bonds is 7. The summed E-state index contributed by atoms with van der Waals surface area (Å²) in [7, 11) is -4.01. The summed E-state index contributed by atoms with van der Waals surface area (Å²) in [4.78, 5) is 25.9.